The van der Waals surface area contributed by atoms with Gasteiger partial charge in [-0.25, -0.2) is 13.4 Å². The van der Waals surface area contributed by atoms with E-state index in [1.807, 2.05) is 19.1 Å². The van der Waals surface area contributed by atoms with E-state index in [2.05, 4.69) is 4.98 Å². The molecule has 5 rings (SSSR count). The number of fused-ring (bicyclic) bond motifs is 2. The standard InChI is InChI=1S/C27H18Cl2N2O3S/c1-17-10-13-19(14-11-17)35(33,34)31(25-16-18(28)12-15-22(25)29)27(32)26-20-6-2-4-8-23(20)30-24-9-5-3-7-21(24)26/h2-16H,1H3. The fraction of sp³-hybridized carbons (Fsp3) is 0.0370. The summed E-state index contributed by atoms with van der Waals surface area (Å²) < 4.78 is 28.7. The molecule has 0 saturated heterocycles. The molecule has 0 saturated carbocycles. The highest BCUT2D eigenvalue weighted by molar-refractivity contribution is 7.93. The van der Waals surface area contributed by atoms with Crippen molar-refractivity contribution in [3.63, 3.8) is 0 Å². The highest BCUT2D eigenvalue weighted by atomic mass is 35.5. The molecule has 5 nitrogen and oxygen atoms in total. The Morgan fingerprint density at radius 1 is 0.800 bits per heavy atom. The van der Waals surface area contributed by atoms with E-state index in [1.165, 1.54) is 30.3 Å². The molecular weight excluding hydrogens is 503 g/mol. The van der Waals surface area contributed by atoms with Gasteiger partial charge in [0.25, 0.3) is 15.9 Å². The smallest absolute Gasteiger partial charge is 0.268 e. The van der Waals surface area contributed by atoms with Crippen LogP contribution < -0.4 is 4.31 Å². The molecule has 8 heteroatoms. The Bertz CT molecular complexity index is 1660. The van der Waals surface area contributed by atoms with Crippen molar-refractivity contribution in [3.05, 3.63) is 112 Å². The quantitative estimate of drug-likeness (QED) is 0.238. The molecule has 0 aliphatic heterocycles. The van der Waals surface area contributed by atoms with E-state index < -0.39 is 15.9 Å². The number of sulfonamides is 1. The predicted molar refractivity (Wildman–Crippen MR) is 141 cm³/mol. The zero-order valence-electron chi connectivity index (χ0n) is 18.4. The van der Waals surface area contributed by atoms with Gasteiger partial charge in [-0.3, -0.25) is 4.79 Å². The number of para-hydroxylation sites is 2. The van der Waals surface area contributed by atoms with Gasteiger partial charge in [0, 0.05) is 15.8 Å². The van der Waals surface area contributed by atoms with Gasteiger partial charge in [-0.05, 0) is 49.4 Å². The first kappa shape index (κ1) is 23.3. The fourth-order valence-electron chi connectivity index (χ4n) is 3.98. The van der Waals surface area contributed by atoms with Gasteiger partial charge in [0.05, 0.1) is 32.2 Å². The van der Waals surface area contributed by atoms with E-state index in [4.69, 9.17) is 23.2 Å². The summed E-state index contributed by atoms with van der Waals surface area (Å²) in [5.74, 6) is -0.760. The first-order chi connectivity index (χ1) is 16.8. The predicted octanol–water partition coefficient (Wildman–Crippen LogP) is 7.04. The molecule has 0 atom stereocenters. The number of benzene rings is 4. The van der Waals surface area contributed by atoms with Gasteiger partial charge in [0.15, 0.2) is 0 Å². The van der Waals surface area contributed by atoms with Crippen molar-refractivity contribution in [3.8, 4) is 0 Å². The summed E-state index contributed by atoms with van der Waals surface area (Å²) >= 11 is 12.7. The summed E-state index contributed by atoms with van der Waals surface area (Å²) in [6.45, 7) is 1.85. The number of hydrogen-bond acceptors (Lipinski definition) is 4. The van der Waals surface area contributed by atoms with Gasteiger partial charge >= 0.3 is 0 Å². The molecule has 1 amide bonds. The van der Waals surface area contributed by atoms with Gasteiger partial charge < -0.3 is 0 Å². The van der Waals surface area contributed by atoms with Gasteiger partial charge in [-0.1, -0.05) is 77.3 Å². The van der Waals surface area contributed by atoms with Crippen LogP contribution in [0.2, 0.25) is 10.0 Å². The number of hydrogen-bond donors (Lipinski definition) is 0. The zero-order valence-corrected chi connectivity index (χ0v) is 20.8. The molecule has 0 unspecified atom stereocenters. The number of amides is 1. The van der Waals surface area contributed by atoms with Crippen LogP contribution in [-0.4, -0.2) is 19.3 Å². The van der Waals surface area contributed by atoms with Crippen LogP contribution in [0.3, 0.4) is 0 Å². The van der Waals surface area contributed by atoms with Crippen molar-refractivity contribution in [1.82, 2.24) is 4.98 Å². The number of nitrogens with zero attached hydrogens (tertiary/aromatic N) is 2. The van der Waals surface area contributed by atoms with E-state index >= 15 is 0 Å². The zero-order chi connectivity index (χ0) is 24.7. The van der Waals surface area contributed by atoms with Crippen LogP contribution in [0.1, 0.15) is 15.9 Å². The summed E-state index contributed by atoms with van der Waals surface area (Å²) in [4.78, 5) is 18.9. The monoisotopic (exact) mass is 520 g/mol. The van der Waals surface area contributed by atoms with Crippen LogP contribution in [-0.2, 0) is 10.0 Å². The molecule has 1 aromatic heterocycles. The lowest BCUT2D eigenvalue weighted by Gasteiger charge is -2.25. The topological polar surface area (TPSA) is 67.3 Å². The molecule has 0 bridgehead atoms. The van der Waals surface area contributed by atoms with Gasteiger partial charge in [0.2, 0.25) is 0 Å². The number of pyridine rings is 1. The summed E-state index contributed by atoms with van der Waals surface area (Å²) in [7, 11) is -4.37. The van der Waals surface area contributed by atoms with Crippen LogP contribution in [0.25, 0.3) is 21.8 Å². The minimum Gasteiger partial charge on any atom is -0.268 e. The molecule has 0 aliphatic carbocycles. The summed E-state index contributed by atoms with van der Waals surface area (Å²) in [5.41, 5.74) is 2.19. The molecule has 4 aromatic carbocycles. The highest BCUT2D eigenvalue weighted by Crippen LogP contribution is 2.36. The molecule has 0 N–H and O–H groups in total. The highest BCUT2D eigenvalue weighted by Gasteiger charge is 2.35. The van der Waals surface area contributed by atoms with Crippen LogP contribution in [0.4, 0.5) is 5.69 Å². The van der Waals surface area contributed by atoms with Gasteiger partial charge in [-0.15, -0.1) is 0 Å². The Morgan fingerprint density at radius 2 is 1.37 bits per heavy atom. The Kier molecular flexibility index (Phi) is 5.97. The molecule has 1 heterocycles. The lowest BCUT2D eigenvalue weighted by molar-refractivity contribution is 0.101. The molecule has 5 aromatic rings. The average Bonchev–Trinajstić information content (AvgIpc) is 2.84. The molecular formula is C27H18Cl2N2O3S. The maximum atomic E-state index is 14.3. The number of aromatic nitrogens is 1. The Morgan fingerprint density at radius 3 is 1.97 bits per heavy atom. The third kappa shape index (κ3) is 4.14. The van der Waals surface area contributed by atoms with E-state index in [-0.39, 0.29) is 26.2 Å². The number of halogens is 2. The molecule has 0 fully saturated rings. The Labute approximate surface area is 212 Å². The van der Waals surface area contributed by atoms with E-state index in [0.717, 1.165) is 9.87 Å². The largest absolute Gasteiger partial charge is 0.273 e. The van der Waals surface area contributed by atoms with Crippen LogP contribution >= 0.6 is 23.2 Å². The molecule has 35 heavy (non-hydrogen) atoms. The SMILES string of the molecule is Cc1ccc(S(=O)(=O)N(C(=O)c2c3ccccc3nc3ccccc23)c2cc(Cl)ccc2Cl)cc1. The second-order valence-electron chi connectivity index (χ2n) is 8.00. The number of carbonyl (C=O) groups excluding carboxylic acids is 1. The van der Waals surface area contributed by atoms with Crippen LogP contribution in [0, 0.1) is 6.92 Å². The first-order valence-electron chi connectivity index (χ1n) is 10.7. The Hall–Kier alpha value is -3.45. The average molecular weight is 521 g/mol. The van der Waals surface area contributed by atoms with Crippen molar-refractivity contribution in [1.29, 1.82) is 0 Å². The molecule has 174 valence electrons. The maximum Gasteiger partial charge on any atom is 0.273 e. The number of aryl methyl sites for hydroxylation is 1. The summed E-state index contributed by atoms with van der Waals surface area (Å²) in [5, 5.41) is 1.36. The van der Waals surface area contributed by atoms with Crippen LogP contribution in [0.15, 0.2) is 95.9 Å². The lowest BCUT2D eigenvalue weighted by Crippen LogP contribution is -2.37. The van der Waals surface area contributed by atoms with Crippen molar-refractivity contribution in [2.45, 2.75) is 11.8 Å². The summed E-state index contributed by atoms with van der Waals surface area (Å²) in [6.07, 6.45) is 0. The van der Waals surface area contributed by atoms with E-state index in [1.54, 1.807) is 48.5 Å². The number of carbonyl (C=O) groups is 1. The van der Waals surface area contributed by atoms with Crippen molar-refractivity contribution < 1.29 is 13.2 Å². The summed E-state index contributed by atoms with van der Waals surface area (Å²) in [6, 6.07) is 24.9. The third-order valence-corrected chi connectivity index (χ3v) is 7.94. The first-order valence-corrected chi connectivity index (χ1v) is 12.9. The van der Waals surface area contributed by atoms with Gasteiger partial charge in [0.1, 0.15) is 0 Å². The molecule has 0 aliphatic rings. The Balaban J connectivity index is 1.85. The number of anilines is 1. The minimum absolute atomic E-state index is 0.0327. The van der Waals surface area contributed by atoms with Crippen LogP contribution in [0.5, 0.6) is 0 Å². The minimum atomic E-state index is -4.37. The lowest BCUT2D eigenvalue weighted by atomic mass is 10.0. The maximum absolute atomic E-state index is 14.3. The van der Waals surface area contributed by atoms with Gasteiger partial charge in [-0.2, -0.15) is 4.31 Å². The fourth-order valence-corrected chi connectivity index (χ4v) is 5.81. The molecule has 0 spiro atoms. The normalized spacial score (nSPS) is 11.6. The second-order valence-corrected chi connectivity index (χ2v) is 10.6. The van der Waals surface area contributed by atoms with E-state index in [9.17, 15) is 13.2 Å². The molecule has 0 radical (unpaired) electrons. The second kappa shape index (κ2) is 8.96. The van der Waals surface area contributed by atoms with Crippen molar-refractivity contribution in [2.75, 3.05) is 4.31 Å². The van der Waals surface area contributed by atoms with Crippen molar-refractivity contribution >= 4 is 66.6 Å². The van der Waals surface area contributed by atoms with E-state index in [0.29, 0.717) is 21.8 Å². The number of rotatable bonds is 4. The third-order valence-electron chi connectivity index (χ3n) is 5.67. The van der Waals surface area contributed by atoms with Crippen molar-refractivity contribution in [2.24, 2.45) is 0 Å².